The molecule has 0 atom stereocenters. The van der Waals surface area contributed by atoms with E-state index in [0.717, 1.165) is 25.1 Å². The number of hydrogen-bond acceptors (Lipinski definition) is 2. The smallest absolute Gasteiger partial charge is 0.242 e. The van der Waals surface area contributed by atoms with Crippen molar-refractivity contribution in [1.82, 2.24) is 16.0 Å². The van der Waals surface area contributed by atoms with Gasteiger partial charge in [0.05, 0.1) is 0 Å². The average molecular weight is 432 g/mol. The van der Waals surface area contributed by atoms with E-state index in [0.29, 0.717) is 12.5 Å². The SMILES string of the molecule is CCCCCNC(=NCC(=O)NCc1ccccc1)NCC.I. The molecule has 23 heavy (non-hydrogen) atoms. The maximum Gasteiger partial charge on any atom is 0.242 e. The van der Waals surface area contributed by atoms with Crippen molar-refractivity contribution in [2.45, 2.75) is 39.7 Å². The van der Waals surface area contributed by atoms with E-state index in [9.17, 15) is 4.79 Å². The largest absolute Gasteiger partial charge is 0.357 e. The van der Waals surface area contributed by atoms with E-state index in [1.54, 1.807) is 0 Å². The minimum atomic E-state index is -0.0744. The molecule has 0 aliphatic rings. The number of hydrogen-bond donors (Lipinski definition) is 3. The van der Waals surface area contributed by atoms with Gasteiger partial charge in [-0.1, -0.05) is 50.1 Å². The number of carbonyl (C=O) groups is 1. The Kier molecular flexibility index (Phi) is 13.5. The molecule has 0 spiro atoms. The molecule has 130 valence electrons. The van der Waals surface area contributed by atoms with Crippen LogP contribution in [0.25, 0.3) is 0 Å². The first-order valence-electron chi connectivity index (χ1n) is 8.09. The Labute approximate surface area is 156 Å². The molecule has 6 heteroatoms. The zero-order valence-corrected chi connectivity index (χ0v) is 16.4. The Balaban J connectivity index is 0.00000484. The first-order valence-corrected chi connectivity index (χ1v) is 8.09. The Hall–Kier alpha value is -1.31. The first-order chi connectivity index (χ1) is 10.8. The molecule has 0 aliphatic carbocycles. The van der Waals surface area contributed by atoms with Gasteiger partial charge in [0.2, 0.25) is 5.91 Å². The molecule has 1 aromatic carbocycles. The van der Waals surface area contributed by atoms with Crippen molar-refractivity contribution in [2.24, 2.45) is 4.99 Å². The number of amides is 1. The molecule has 0 fully saturated rings. The van der Waals surface area contributed by atoms with Crippen molar-refractivity contribution < 1.29 is 4.79 Å². The number of nitrogens with zero attached hydrogens (tertiary/aromatic N) is 1. The van der Waals surface area contributed by atoms with Crippen LogP contribution in [0.2, 0.25) is 0 Å². The van der Waals surface area contributed by atoms with E-state index in [2.05, 4.69) is 27.9 Å². The van der Waals surface area contributed by atoms with E-state index >= 15 is 0 Å². The summed E-state index contributed by atoms with van der Waals surface area (Å²) in [6.45, 7) is 6.53. The fourth-order valence-electron chi connectivity index (χ4n) is 1.93. The number of benzene rings is 1. The van der Waals surface area contributed by atoms with Crippen molar-refractivity contribution in [3.63, 3.8) is 0 Å². The van der Waals surface area contributed by atoms with E-state index in [1.807, 2.05) is 37.3 Å². The van der Waals surface area contributed by atoms with Crippen molar-refractivity contribution in [1.29, 1.82) is 0 Å². The molecule has 5 nitrogen and oxygen atoms in total. The number of unbranched alkanes of at least 4 members (excludes halogenated alkanes) is 2. The number of aliphatic imine (C=N–C) groups is 1. The van der Waals surface area contributed by atoms with Crippen LogP contribution in [0.4, 0.5) is 0 Å². The third-order valence-corrected chi connectivity index (χ3v) is 3.13. The Bertz CT molecular complexity index is 451. The van der Waals surface area contributed by atoms with Gasteiger partial charge in [0.15, 0.2) is 5.96 Å². The number of guanidine groups is 1. The molecular weight excluding hydrogens is 403 g/mol. The molecule has 0 radical (unpaired) electrons. The summed E-state index contributed by atoms with van der Waals surface area (Å²) >= 11 is 0. The molecule has 3 N–H and O–H groups in total. The summed E-state index contributed by atoms with van der Waals surface area (Å²) in [6.07, 6.45) is 3.50. The highest BCUT2D eigenvalue weighted by Crippen LogP contribution is 1.96. The average Bonchev–Trinajstić information content (AvgIpc) is 2.55. The maximum absolute atomic E-state index is 11.8. The topological polar surface area (TPSA) is 65.5 Å². The standard InChI is InChI=1S/C17H28N4O.HI/c1-3-5-9-12-19-17(18-4-2)21-14-16(22)20-13-15-10-7-6-8-11-15;/h6-8,10-11H,3-5,9,12-14H2,1-2H3,(H,20,22)(H2,18,19,21);1H. The van der Waals surface area contributed by atoms with E-state index < -0.39 is 0 Å². The number of halogens is 1. The van der Waals surface area contributed by atoms with Gasteiger partial charge in [-0.25, -0.2) is 4.99 Å². The van der Waals surface area contributed by atoms with Crippen LogP contribution >= 0.6 is 24.0 Å². The van der Waals surface area contributed by atoms with Crippen LogP contribution in [0.5, 0.6) is 0 Å². The fraction of sp³-hybridized carbons (Fsp3) is 0.529. The molecule has 0 aliphatic heterocycles. The molecule has 1 rings (SSSR count). The number of carbonyl (C=O) groups excluding carboxylic acids is 1. The molecule has 0 saturated heterocycles. The molecule has 0 bridgehead atoms. The lowest BCUT2D eigenvalue weighted by Gasteiger charge is -2.11. The summed E-state index contributed by atoms with van der Waals surface area (Å²) in [5.74, 6) is 0.628. The summed E-state index contributed by atoms with van der Waals surface area (Å²) < 4.78 is 0. The second kappa shape index (κ2) is 14.3. The molecule has 1 amide bonds. The lowest BCUT2D eigenvalue weighted by Crippen LogP contribution is -2.38. The Morgan fingerprint density at radius 1 is 1.04 bits per heavy atom. The van der Waals surface area contributed by atoms with E-state index in [4.69, 9.17) is 0 Å². The normalized spacial score (nSPS) is 10.6. The third kappa shape index (κ3) is 11.0. The monoisotopic (exact) mass is 432 g/mol. The van der Waals surface area contributed by atoms with Crippen molar-refractivity contribution in [3.05, 3.63) is 35.9 Å². The van der Waals surface area contributed by atoms with Gasteiger partial charge in [0.25, 0.3) is 0 Å². The number of nitrogens with one attached hydrogen (secondary N) is 3. The van der Waals surface area contributed by atoms with Crippen molar-refractivity contribution in [2.75, 3.05) is 19.6 Å². The van der Waals surface area contributed by atoms with Gasteiger partial charge in [-0.3, -0.25) is 4.79 Å². The quantitative estimate of drug-likeness (QED) is 0.243. The molecule has 0 aromatic heterocycles. The van der Waals surface area contributed by atoms with Crippen molar-refractivity contribution in [3.8, 4) is 0 Å². The van der Waals surface area contributed by atoms with Gasteiger partial charge in [-0.2, -0.15) is 0 Å². The predicted octanol–water partition coefficient (Wildman–Crippen LogP) is 2.67. The van der Waals surface area contributed by atoms with Gasteiger partial charge < -0.3 is 16.0 Å². The summed E-state index contributed by atoms with van der Waals surface area (Å²) in [5, 5.41) is 9.26. The van der Waals surface area contributed by atoms with Gasteiger partial charge in [0.1, 0.15) is 6.54 Å². The highest BCUT2D eigenvalue weighted by atomic mass is 127. The van der Waals surface area contributed by atoms with Crippen LogP contribution in [0.15, 0.2) is 35.3 Å². The first kappa shape index (κ1) is 21.7. The summed E-state index contributed by atoms with van der Waals surface area (Å²) in [5.41, 5.74) is 1.09. The zero-order chi connectivity index (χ0) is 16.0. The molecule has 0 unspecified atom stereocenters. The zero-order valence-electron chi connectivity index (χ0n) is 14.1. The number of rotatable bonds is 9. The Morgan fingerprint density at radius 2 is 1.78 bits per heavy atom. The second-order valence-electron chi connectivity index (χ2n) is 5.09. The Morgan fingerprint density at radius 3 is 2.43 bits per heavy atom. The van der Waals surface area contributed by atoms with Crippen molar-refractivity contribution >= 4 is 35.8 Å². The van der Waals surface area contributed by atoms with Gasteiger partial charge in [-0.15, -0.1) is 24.0 Å². The summed E-state index contributed by atoms with van der Waals surface area (Å²) in [6, 6.07) is 9.86. The molecule has 0 heterocycles. The van der Waals surface area contributed by atoms with E-state index in [-0.39, 0.29) is 36.4 Å². The highest BCUT2D eigenvalue weighted by Gasteiger charge is 2.02. The predicted molar refractivity (Wildman–Crippen MR) is 107 cm³/mol. The highest BCUT2D eigenvalue weighted by molar-refractivity contribution is 14.0. The van der Waals surface area contributed by atoms with Crippen LogP contribution in [0, 0.1) is 0 Å². The minimum absolute atomic E-state index is 0. The fourth-order valence-corrected chi connectivity index (χ4v) is 1.93. The molecule has 1 aromatic rings. The summed E-state index contributed by atoms with van der Waals surface area (Å²) in [4.78, 5) is 16.1. The van der Waals surface area contributed by atoms with Gasteiger partial charge in [-0.05, 0) is 18.9 Å². The second-order valence-corrected chi connectivity index (χ2v) is 5.09. The molecular formula is C17H29IN4O. The van der Waals surface area contributed by atoms with Crippen LogP contribution in [0.3, 0.4) is 0 Å². The van der Waals surface area contributed by atoms with Crippen LogP contribution in [-0.2, 0) is 11.3 Å². The van der Waals surface area contributed by atoms with Crippen LogP contribution in [0.1, 0.15) is 38.7 Å². The van der Waals surface area contributed by atoms with Crippen LogP contribution < -0.4 is 16.0 Å². The lowest BCUT2D eigenvalue weighted by molar-refractivity contribution is -0.119. The summed E-state index contributed by atoms with van der Waals surface area (Å²) in [7, 11) is 0. The maximum atomic E-state index is 11.8. The molecule has 0 saturated carbocycles. The lowest BCUT2D eigenvalue weighted by atomic mass is 10.2. The minimum Gasteiger partial charge on any atom is -0.357 e. The van der Waals surface area contributed by atoms with Gasteiger partial charge in [0, 0.05) is 19.6 Å². The van der Waals surface area contributed by atoms with Gasteiger partial charge >= 0.3 is 0 Å². The van der Waals surface area contributed by atoms with E-state index in [1.165, 1.54) is 12.8 Å². The van der Waals surface area contributed by atoms with Crippen LogP contribution in [-0.4, -0.2) is 31.5 Å². The third-order valence-electron chi connectivity index (χ3n) is 3.13.